The van der Waals surface area contributed by atoms with Crippen LogP contribution < -0.4 is 4.74 Å². The lowest BCUT2D eigenvalue weighted by Crippen LogP contribution is -2.27. The molecular weight excluding hydrogens is 469 g/mol. The molecule has 0 unspecified atom stereocenters. The van der Waals surface area contributed by atoms with Crippen molar-refractivity contribution in [2.75, 3.05) is 0 Å². The average Bonchev–Trinajstić information content (AvgIpc) is 3.05. The molecular formula is C24H15Cl2NO4S. The second-order valence-electron chi connectivity index (χ2n) is 6.79. The Kier molecular flexibility index (Phi) is 6.65. The summed E-state index contributed by atoms with van der Waals surface area (Å²) in [7, 11) is 0. The number of hydrogen-bond donors (Lipinski definition) is 0. The van der Waals surface area contributed by atoms with Crippen LogP contribution in [-0.4, -0.2) is 22.0 Å². The molecule has 0 saturated carbocycles. The van der Waals surface area contributed by atoms with E-state index < -0.39 is 17.1 Å². The first-order valence-electron chi connectivity index (χ1n) is 9.48. The second kappa shape index (κ2) is 9.61. The van der Waals surface area contributed by atoms with E-state index in [9.17, 15) is 14.4 Å². The van der Waals surface area contributed by atoms with Crippen molar-refractivity contribution in [3.8, 4) is 5.75 Å². The predicted octanol–water partition coefficient (Wildman–Crippen LogP) is 6.45. The van der Waals surface area contributed by atoms with E-state index in [1.165, 1.54) is 0 Å². The van der Waals surface area contributed by atoms with Crippen LogP contribution in [0.4, 0.5) is 4.79 Å². The third kappa shape index (κ3) is 4.88. The zero-order valence-electron chi connectivity index (χ0n) is 16.5. The molecule has 1 fully saturated rings. The SMILES string of the molecule is O=C(Oc1ccc(/C=C2\SC(=O)N(Cc3c(Cl)cccc3Cl)C2=O)cc1)c1ccccc1. The van der Waals surface area contributed by atoms with E-state index in [-0.39, 0.29) is 11.4 Å². The van der Waals surface area contributed by atoms with Crippen molar-refractivity contribution in [1.82, 2.24) is 4.90 Å². The first-order chi connectivity index (χ1) is 15.4. The van der Waals surface area contributed by atoms with Gasteiger partial charge in [-0.15, -0.1) is 0 Å². The smallest absolute Gasteiger partial charge is 0.343 e. The Balaban J connectivity index is 1.46. The van der Waals surface area contributed by atoms with E-state index in [0.717, 1.165) is 16.7 Å². The van der Waals surface area contributed by atoms with Gasteiger partial charge < -0.3 is 4.74 Å². The summed E-state index contributed by atoms with van der Waals surface area (Å²) in [5.41, 5.74) is 1.65. The van der Waals surface area contributed by atoms with Gasteiger partial charge in [-0.2, -0.15) is 0 Å². The van der Waals surface area contributed by atoms with E-state index in [2.05, 4.69) is 0 Å². The monoisotopic (exact) mass is 483 g/mol. The molecule has 0 aliphatic carbocycles. The third-order valence-corrected chi connectivity index (χ3v) is 6.27. The maximum absolute atomic E-state index is 12.8. The number of nitrogens with zero attached hydrogens (tertiary/aromatic N) is 1. The Morgan fingerprint density at radius 2 is 1.56 bits per heavy atom. The summed E-state index contributed by atoms with van der Waals surface area (Å²) < 4.78 is 5.35. The van der Waals surface area contributed by atoms with Crippen LogP contribution in [-0.2, 0) is 11.3 Å². The topological polar surface area (TPSA) is 63.7 Å². The minimum Gasteiger partial charge on any atom is -0.423 e. The standard InChI is InChI=1S/C24H15Cl2NO4S/c25-19-7-4-8-20(26)18(19)14-27-22(28)21(32-24(27)30)13-15-9-11-17(12-10-15)31-23(29)16-5-2-1-3-6-16/h1-13H,14H2/b21-13-. The molecule has 1 aliphatic heterocycles. The molecule has 1 heterocycles. The molecule has 0 N–H and O–H groups in total. The van der Waals surface area contributed by atoms with Crippen LogP contribution in [0.25, 0.3) is 6.08 Å². The molecule has 0 spiro atoms. The number of amides is 2. The normalized spacial score (nSPS) is 14.8. The highest BCUT2D eigenvalue weighted by atomic mass is 35.5. The number of esters is 1. The number of benzene rings is 3. The number of hydrogen-bond acceptors (Lipinski definition) is 5. The summed E-state index contributed by atoms with van der Waals surface area (Å²) in [6, 6.07) is 20.3. The Morgan fingerprint density at radius 1 is 0.906 bits per heavy atom. The largest absolute Gasteiger partial charge is 0.423 e. The van der Waals surface area contributed by atoms with Crippen LogP contribution >= 0.6 is 35.0 Å². The van der Waals surface area contributed by atoms with Gasteiger partial charge in [0, 0.05) is 15.6 Å². The van der Waals surface area contributed by atoms with Crippen LogP contribution in [0, 0.1) is 0 Å². The number of carbonyl (C=O) groups excluding carboxylic acids is 3. The van der Waals surface area contributed by atoms with Crippen LogP contribution in [0.3, 0.4) is 0 Å². The van der Waals surface area contributed by atoms with Gasteiger partial charge in [-0.25, -0.2) is 4.79 Å². The molecule has 3 aromatic carbocycles. The fraction of sp³-hybridized carbons (Fsp3) is 0.0417. The minimum atomic E-state index is -0.460. The van der Waals surface area contributed by atoms with Gasteiger partial charge in [0.2, 0.25) is 0 Å². The van der Waals surface area contributed by atoms with Crippen LogP contribution in [0.5, 0.6) is 5.75 Å². The maximum Gasteiger partial charge on any atom is 0.343 e. The fourth-order valence-electron chi connectivity index (χ4n) is 3.00. The van der Waals surface area contributed by atoms with Gasteiger partial charge in [-0.1, -0.05) is 59.6 Å². The van der Waals surface area contributed by atoms with Crippen LogP contribution in [0.1, 0.15) is 21.5 Å². The number of halogens is 2. The van der Waals surface area contributed by atoms with Crippen molar-refractivity contribution in [2.24, 2.45) is 0 Å². The third-order valence-electron chi connectivity index (χ3n) is 4.65. The first kappa shape index (κ1) is 22.1. The summed E-state index contributed by atoms with van der Waals surface area (Å²) in [5, 5.41) is 0.382. The van der Waals surface area contributed by atoms with Crippen molar-refractivity contribution in [2.45, 2.75) is 6.54 Å². The molecule has 32 heavy (non-hydrogen) atoms. The number of carbonyl (C=O) groups is 3. The summed E-state index contributed by atoms with van der Waals surface area (Å²) in [6.07, 6.45) is 1.61. The number of imide groups is 1. The molecule has 1 saturated heterocycles. The Hall–Kier alpha value is -3.06. The molecule has 0 radical (unpaired) electrons. The van der Waals surface area contributed by atoms with Crippen LogP contribution in [0.15, 0.2) is 77.7 Å². The molecule has 5 nitrogen and oxygen atoms in total. The molecule has 160 valence electrons. The number of thioether (sulfide) groups is 1. The number of rotatable bonds is 5. The first-order valence-corrected chi connectivity index (χ1v) is 11.0. The number of ether oxygens (including phenoxy) is 1. The lowest BCUT2D eigenvalue weighted by molar-refractivity contribution is -0.123. The highest BCUT2D eigenvalue weighted by Gasteiger charge is 2.35. The Labute approximate surface area is 198 Å². The fourth-order valence-corrected chi connectivity index (χ4v) is 4.36. The summed E-state index contributed by atoms with van der Waals surface area (Å²) in [6.45, 7) is -0.00507. The molecule has 0 atom stereocenters. The summed E-state index contributed by atoms with van der Waals surface area (Å²) >= 11 is 13.2. The zero-order valence-corrected chi connectivity index (χ0v) is 18.8. The second-order valence-corrected chi connectivity index (χ2v) is 8.60. The van der Waals surface area contributed by atoms with Gasteiger partial charge in [0.05, 0.1) is 17.0 Å². The molecule has 0 bridgehead atoms. The van der Waals surface area contributed by atoms with Crippen molar-refractivity contribution < 1.29 is 19.1 Å². The van der Waals surface area contributed by atoms with E-state index in [1.807, 2.05) is 6.07 Å². The lowest BCUT2D eigenvalue weighted by Gasteiger charge is -2.14. The quantitative estimate of drug-likeness (QED) is 0.237. The predicted molar refractivity (Wildman–Crippen MR) is 126 cm³/mol. The molecule has 8 heteroatoms. The average molecular weight is 484 g/mol. The van der Waals surface area contributed by atoms with Crippen molar-refractivity contribution in [3.63, 3.8) is 0 Å². The molecule has 0 aromatic heterocycles. The Bertz CT molecular complexity index is 1210. The highest BCUT2D eigenvalue weighted by Crippen LogP contribution is 2.35. The maximum atomic E-state index is 12.8. The van der Waals surface area contributed by atoms with E-state index in [0.29, 0.717) is 32.5 Å². The van der Waals surface area contributed by atoms with Gasteiger partial charge in [0.15, 0.2) is 0 Å². The van der Waals surface area contributed by atoms with Gasteiger partial charge in [-0.3, -0.25) is 14.5 Å². The van der Waals surface area contributed by atoms with E-state index in [1.54, 1.807) is 72.8 Å². The lowest BCUT2D eigenvalue weighted by atomic mass is 10.2. The van der Waals surface area contributed by atoms with Crippen molar-refractivity contribution in [1.29, 1.82) is 0 Å². The summed E-state index contributed by atoms with van der Waals surface area (Å²) in [4.78, 5) is 38.7. The molecule has 4 rings (SSSR count). The zero-order chi connectivity index (χ0) is 22.7. The van der Waals surface area contributed by atoms with Crippen LogP contribution in [0.2, 0.25) is 10.0 Å². The highest BCUT2D eigenvalue weighted by molar-refractivity contribution is 8.18. The van der Waals surface area contributed by atoms with Gasteiger partial charge in [-0.05, 0) is 59.8 Å². The molecule has 1 aliphatic rings. The van der Waals surface area contributed by atoms with Gasteiger partial charge >= 0.3 is 5.97 Å². The molecule has 3 aromatic rings. The summed E-state index contributed by atoms with van der Waals surface area (Å²) in [5.74, 6) is -0.509. The van der Waals surface area contributed by atoms with Gasteiger partial charge in [0.25, 0.3) is 11.1 Å². The molecule has 2 amide bonds. The van der Waals surface area contributed by atoms with E-state index in [4.69, 9.17) is 27.9 Å². The van der Waals surface area contributed by atoms with Crippen molar-refractivity contribution >= 4 is 58.2 Å². The van der Waals surface area contributed by atoms with Crippen molar-refractivity contribution in [3.05, 3.63) is 104 Å². The van der Waals surface area contributed by atoms with E-state index >= 15 is 0 Å². The van der Waals surface area contributed by atoms with Gasteiger partial charge in [0.1, 0.15) is 5.75 Å². The Morgan fingerprint density at radius 3 is 2.22 bits per heavy atom. The minimum absolute atomic E-state index is 0.00507.